The van der Waals surface area contributed by atoms with Gasteiger partial charge in [-0.1, -0.05) is 18.2 Å². The number of ether oxygens (including phenoxy) is 1. The van der Waals surface area contributed by atoms with Crippen molar-refractivity contribution in [3.63, 3.8) is 0 Å². The van der Waals surface area contributed by atoms with E-state index >= 15 is 0 Å². The molecule has 5 heteroatoms. The zero-order valence-electron chi connectivity index (χ0n) is 9.63. The molecule has 0 aliphatic carbocycles. The summed E-state index contributed by atoms with van der Waals surface area (Å²) in [4.78, 5) is 25.8. The Labute approximate surface area is 103 Å². The van der Waals surface area contributed by atoms with Crippen LogP contribution >= 0.6 is 0 Å². The maximum absolute atomic E-state index is 11.6. The van der Waals surface area contributed by atoms with Crippen molar-refractivity contribution in [2.75, 3.05) is 6.61 Å². The van der Waals surface area contributed by atoms with E-state index in [-0.39, 0.29) is 17.2 Å². The molecule has 5 nitrogen and oxygen atoms in total. The highest BCUT2D eigenvalue weighted by molar-refractivity contribution is 5.39. The average molecular weight is 244 g/mol. The van der Waals surface area contributed by atoms with Crippen LogP contribution in [0, 0.1) is 0 Å². The SMILES string of the molecule is O=c1cc[nH]c(=O)n1CC1COc2ccccc21. The summed E-state index contributed by atoms with van der Waals surface area (Å²) in [7, 11) is 0. The molecule has 0 saturated carbocycles. The van der Waals surface area contributed by atoms with Gasteiger partial charge in [0.05, 0.1) is 6.61 Å². The van der Waals surface area contributed by atoms with Crippen molar-refractivity contribution in [3.05, 3.63) is 62.9 Å². The molecule has 0 saturated heterocycles. The summed E-state index contributed by atoms with van der Waals surface area (Å²) in [5, 5.41) is 0. The summed E-state index contributed by atoms with van der Waals surface area (Å²) in [6.45, 7) is 0.839. The maximum atomic E-state index is 11.6. The molecule has 0 bridgehead atoms. The molecule has 0 fully saturated rings. The Hall–Kier alpha value is -2.30. The zero-order valence-corrected chi connectivity index (χ0v) is 9.63. The standard InChI is InChI=1S/C13H12N2O3/c16-12-5-6-14-13(17)15(12)7-9-8-18-11-4-2-1-3-10(9)11/h1-6,9H,7-8H2,(H,14,17). The summed E-state index contributed by atoms with van der Waals surface area (Å²) < 4.78 is 6.74. The summed E-state index contributed by atoms with van der Waals surface area (Å²) in [6.07, 6.45) is 1.36. The lowest BCUT2D eigenvalue weighted by Gasteiger charge is -2.09. The van der Waals surface area contributed by atoms with Gasteiger partial charge in [-0.2, -0.15) is 0 Å². The molecule has 1 aliphatic heterocycles. The minimum absolute atomic E-state index is 0.0439. The number of aromatic nitrogens is 2. The van der Waals surface area contributed by atoms with Crippen LogP contribution in [0.25, 0.3) is 0 Å². The summed E-state index contributed by atoms with van der Waals surface area (Å²) >= 11 is 0. The Bertz CT molecular complexity index is 659. The number of nitrogens with zero attached hydrogens (tertiary/aromatic N) is 1. The number of rotatable bonds is 2. The van der Waals surface area contributed by atoms with E-state index in [0.717, 1.165) is 11.3 Å². The van der Waals surface area contributed by atoms with Crippen molar-refractivity contribution in [1.29, 1.82) is 0 Å². The molecule has 3 rings (SSSR count). The number of nitrogens with one attached hydrogen (secondary N) is 1. The number of benzene rings is 1. The van der Waals surface area contributed by atoms with Gasteiger partial charge in [0.25, 0.3) is 5.56 Å². The third kappa shape index (κ3) is 1.73. The highest BCUT2D eigenvalue weighted by Crippen LogP contribution is 2.33. The average Bonchev–Trinajstić information content (AvgIpc) is 2.77. The topological polar surface area (TPSA) is 64.1 Å². The lowest BCUT2D eigenvalue weighted by Crippen LogP contribution is -2.35. The second-order valence-corrected chi connectivity index (χ2v) is 4.28. The quantitative estimate of drug-likeness (QED) is 0.846. The molecule has 0 amide bonds. The fraction of sp³-hybridized carbons (Fsp3) is 0.231. The highest BCUT2D eigenvalue weighted by Gasteiger charge is 2.24. The van der Waals surface area contributed by atoms with Crippen LogP contribution in [0.2, 0.25) is 0 Å². The van der Waals surface area contributed by atoms with E-state index in [2.05, 4.69) is 4.98 Å². The van der Waals surface area contributed by atoms with E-state index in [1.54, 1.807) is 0 Å². The van der Waals surface area contributed by atoms with Gasteiger partial charge >= 0.3 is 5.69 Å². The molecule has 0 spiro atoms. The predicted octanol–water partition coefficient (Wildman–Crippen LogP) is 0.713. The molecule has 1 N–H and O–H groups in total. The Morgan fingerprint density at radius 2 is 2.11 bits per heavy atom. The van der Waals surface area contributed by atoms with Crippen LogP contribution in [0.3, 0.4) is 0 Å². The van der Waals surface area contributed by atoms with Gasteiger partial charge in [-0.15, -0.1) is 0 Å². The first kappa shape index (κ1) is 10.8. The first-order chi connectivity index (χ1) is 8.75. The van der Waals surface area contributed by atoms with Crippen molar-refractivity contribution < 1.29 is 4.74 Å². The van der Waals surface area contributed by atoms with E-state index in [9.17, 15) is 9.59 Å². The second-order valence-electron chi connectivity index (χ2n) is 4.28. The molecule has 1 aliphatic rings. The summed E-state index contributed by atoms with van der Waals surface area (Å²) in [5.41, 5.74) is 0.377. The Balaban J connectivity index is 1.96. The smallest absolute Gasteiger partial charge is 0.328 e. The van der Waals surface area contributed by atoms with Gasteiger partial charge in [-0.25, -0.2) is 4.79 Å². The van der Waals surface area contributed by atoms with Crippen LogP contribution in [-0.2, 0) is 6.54 Å². The lowest BCUT2D eigenvalue weighted by molar-refractivity contribution is 0.316. The number of aromatic amines is 1. The number of fused-ring (bicyclic) bond motifs is 1. The van der Waals surface area contributed by atoms with E-state index in [1.807, 2.05) is 24.3 Å². The molecule has 2 aromatic rings. The minimum Gasteiger partial charge on any atom is -0.493 e. The van der Waals surface area contributed by atoms with Crippen LogP contribution in [0.4, 0.5) is 0 Å². The molecule has 18 heavy (non-hydrogen) atoms. The van der Waals surface area contributed by atoms with Crippen LogP contribution in [0.15, 0.2) is 46.1 Å². The molecule has 1 aromatic carbocycles. The third-order valence-electron chi connectivity index (χ3n) is 3.15. The van der Waals surface area contributed by atoms with Crippen LogP contribution in [0.5, 0.6) is 5.75 Å². The van der Waals surface area contributed by atoms with Gasteiger partial charge in [0.15, 0.2) is 0 Å². The monoisotopic (exact) mass is 244 g/mol. The molecule has 92 valence electrons. The Kier molecular flexibility index (Phi) is 2.51. The fourth-order valence-corrected chi connectivity index (χ4v) is 2.23. The number of hydrogen-bond donors (Lipinski definition) is 1. The summed E-state index contributed by atoms with van der Waals surface area (Å²) in [5.74, 6) is 0.880. The third-order valence-corrected chi connectivity index (χ3v) is 3.15. The number of hydrogen-bond acceptors (Lipinski definition) is 3. The molecule has 1 unspecified atom stereocenters. The van der Waals surface area contributed by atoms with Gasteiger partial charge in [0, 0.05) is 30.3 Å². The minimum atomic E-state index is -0.383. The normalized spacial score (nSPS) is 17.2. The Morgan fingerprint density at radius 3 is 2.94 bits per heavy atom. The largest absolute Gasteiger partial charge is 0.493 e. The maximum Gasteiger partial charge on any atom is 0.328 e. The first-order valence-electron chi connectivity index (χ1n) is 5.76. The zero-order chi connectivity index (χ0) is 12.5. The molecule has 2 heterocycles. The molecular formula is C13H12N2O3. The van der Waals surface area contributed by atoms with E-state index in [0.29, 0.717) is 13.2 Å². The highest BCUT2D eigenvalue weighted by atomic mass is 16.5. The van der Waals surface area contributed by atoms with Crippen molar-refractivity contribution in [2.45, 2.75) is 12.5 Å². The number of H-pyrrole nitrogens is 1. The van der Waals surface area contributed by atoms with E-state index in [1.165, 1.54) is 16.8 Å². The predicted molar refractivity (Wildman–Crippen MR) is 66.0 cm³/mol. The summed E-state index contributed by atoms with van der Waals surface area (Å²) in [6, 6.07) is 9.05. The molecule has 1 aromatic heterocycles. The van der Waals surface area contributed by atoms with Gasteiger partial charge in [0.2, 0.25) is 0 Å². The first-order valence-corrected chi connectivity index (χ1v) is 5.76. The van der Waals surface area contributed by atoms with Crippen molar-refractivity contribution >= 4 is 0 Å². The Morgan fingerprint density at radius 1 is 1.28 bits per heavy atom. The van der Waals surface area contributed by atoms with Gasteiger partial charge < -0.3 is 9.72 Å². The van der Waals surface area contributed by atoms with Gasteiger partial charge in [-0.3, -0.25) is 9.36 Å². The second kappa shape index (κ2) is 4.18. The van der Waals surface area contributed by atoms with Crippen molar-refractivity contribution in [1.82, 2.24) is 9.55 Å². The van der Waals surface area contributed by atoms with Crippen LogP contribution in [-0.4, -0.2) is 16.2 Å². The van der Waals surface area contributed by atoms with Gasteiger partial charge in [-0.05, 0) is 6.07 Å². The molecule has 0 radical (unpaired) electrons. The molecule has 1 atom stereocenters. The fourth-order valence-electron chi connectivity index (χ4n) is 2.23. The van der Waals surface area contributed by atoms with Crippen molar-refractivity contribution in [2.24, 2.45) is 0 Å². The molecular weight excluding hydrogens is 232 g/mol. The van der Waals surface area contributed by atoms with E-state index in [4.69, 9.17) is 4.74 Å². The lowest BCUT2D eigenvalue weighted by atomic mass is 10.0. The van der Waals surface area contributed by atoms with E-state index < -0.39 is 0 Å². The van der Waals surface area contributed by atoms with Gasteiger partial charge in [0.1, 0.15) is 5.75 Å². The number of para-hydroxylation sites is 1. The van der Waals surface area contributed by atoms with Crippen molar-refractivity contribution in [3.8, 4) is 5.75 Å². The van der Waals surface area contributed by atoms with Crippen LogP contribution < -0.4 is 16.0 Å². The van der Waals surface area contributed by atoms with Crippen LogP contribution in [0.1, 0.15) is 11.5 Å².